The molecule has 2 aliphatic heterocycles. The Balaban J connectivity index is 1.47. The van der Waals surface area contributed by atoms with Gasteiger partial charge in [-0.1, -0.05) is 18.2 Å². The van der Waals surface area contributed by atoms with E-state index >= 15 is 0 Å². The number of benzene rings is 2. The van der Waals surface area contributed by atoms with Gasteiger partial charge in [0.25, 0.3) is 0 Å². The molecule has 0 aliphatic carbocycles. The highest BCUT2D eigenvalue weighted by molar-refractivity contribution is 5.97. The molecule has 2 aromatic rings. The lowest BCUT2D eigenvalue weighted by atomic mass is 9.93. The van der Waals surface area contributed by atoms with Crippen molar-refractivity contribution in [2.45, 2.75) is 32.2 Å². The normalized spacial score (nSPS) is 20.3. The van der Waals surface area contributed by atoms with Gasteiger partial charge in [-0.25, -0.2) is 4.39 Å². The molecule has 4 rings (SSSR count). The lowest BCUT2D eigenvalue weighted by Crippen LogP contribution is -2.46. The van der Waals surface area contributed by atoms with Crippen molar-refractivity contribution in [2.75, 3.05) is 30.3 Å². The number of nitrogen functional groups attached to an aromatic ring is 1. The molecule has 0 radical (unpaired) electrons. The first-order valence-electron chi connectivity index (χ1n) is 9.77. The molecule has 2 N–H and O–H groups in total. The van der Waals surface area contributed by atoms with E-state index in [0.717, 1.165) is 67.8 Å². The first kappa shape index (κ1) is 18.0. The summed E-state index contributed by atoms with van der Waals surface area (Å²) >= 11 is 0. The smallest absolute Gasteiger partial charge is 0.231 e. The Labute approximate surface area is 159 Å². The molecule has 2 aromatic carbocycles. The van der Waals surface area contributed by atoms with Crippen LogP contribution in [0.3, 0.4) is 0 Å². The molecule has 0 spiro atoms. The second-order valence-corrected chi connectivity index (χ2v) is 7.64. The number of anilines is 2. The third-order valence-corrected chi connectivity index (χ3v) is 5.70. The quantitative estimate of drug-likeness (QED) is 0.844. The van der Waals surface area contributed by atoms with Crippen molar-refractivity contribution in [3.63, 3.8) is 0 Å². The van der Waals surface area contributed by atoms with E-state index in [4.69, 9.17) is 5.73 Å². The number of carbonyl (C=O) groups excluding carboxylic acids is 1. The molecule has 1 unspecified atom stereocenters. The lowest BCUT2D eigenvalue weighted by molar-refractivity contribution is -0.124. The fourth-order valence-electron chi connectivity index (χ4n) is 4.40. The average molecular weight is 367 g/mol. The average Bonchev–Trinajstić information content (AvgIpc) is 2.68. The van der Waals surface area contributed by atoms with Crippen LogP contribution in [0.1, 0.15) is 30.4 Å². The zero-order valence-electron chi connectivity index (χ0n) is 15.5. The van der Waals surface area contributed by atoms with Crippen molar-refractivity contribution in [3.8, 4) is 0 Å². The largest absolute Gasteiger partial charge is 0.398 e. The summed E-state index contributed by atoms with van der Waals surface area (Å²) in [5.74, 6) is -0.0233. The number of rotatable bonds is 3. The summed E-state index contributed by atoms with van der Waals surface area (Å²) in [6, 6.07) is 12.6. The van der Waals surface area contributed by atoms with Crippen molar-refractivity contribution in [2.24, 2.45) is 5.92 Å². The first-order chi connectivity index (χ1) is 13.1. The highest BCUT2D eigenvalue weighted by atomic mass is 19.1. The predicted octanol–water partition coefficient (Wildman–Crippen LogP) is 3.60. The maximum absolute atomic E-state index is 13.5. The number of nitrogens with two attached hydrogens (primary N) is 1. The molecule has 27 heavy (non-hydrogen) atoms. The third kappa shape index (κ3) is 3.83. The molecule has 0 bridgehead atoms. The van der Waals surface area contributed by atoms with Crippen LogP contribution in [0.5, 0.6) is 0 Å². The first-order valence-corrected chi connectivity index (χ1v) is 9.77. The van der Waals surface area contributed by atoms with Crippen molar-refractivity contribution >= 4 is 17.3 Å². The molecular formula is C22H26FN3O. The molecule has 0 saturated carbocycles. The summed E-state index contributed by atoms with van der Waals surface area (Å²) in [6.07, 6.45) is 3.78. The topological polar surface area (TPSA) is 49.6 Å². The van der Waals surface area contributed by atoms with Gasteiger partial charge < -0.3 is 10.6 Å². The summed E-state index contributed by atoms with van der Waals surface area (Å²) in [7, 11) is 0. The second-order valence-electron chi connectivity index (χ2n) is 7.64. The Morgan fingerprint density at radius 3 is 2.85 bits per heavy atom. The predicted molar refractivity (Wildman–Crippen MR) is 106 cm³/mol. The van der Waals surface area contributed by atoms with E-state index in [1.165, 1.54) is 6.07 Å². The molecule has 1 saturated heterocycles. The molecule has 1 amide bonds. The number of carbonyl (C=O) groups is 1. The van der Waals surface area contributed by atoms with Crippen LogP contribution in [0, 0.1) is 11.7 Å². The summed E-state index contributed by atoms with van der Waals surface area (Å²) < 4.78 is 13.5. The highest BCUT2D eigenvalue weighted by Crippen LogP contribution is 2.33. The van der Waals surface area contributed by atoms with Crippen LogP contribution in [0.2, 0.25) is 0 Å². The van der Waals surface area contributed by atoms with Gasteiger partial charge in [0, 0.05) is 31.0 Å². The minimum atomic E-state index is -0.209. The zero-order chi connectivity index (χ0) is 18.8. The van der Waals surface area contributed by atoms with Crippen LogP contribution in [0.4, 0.5) is 15.8 Å². The Hall–Kier alpha value is -2.40. The van der Waals surface area contributed by atoms with E-state index < -0.39 is 0 Å². The van der Waals surface area contributed by atoms with Crippen LogP contribution in [-0.2, 0) is 17.8 Å². The summed E-state index contributed by atoms with van der Waals surface area (Å²) in [5, 5.41) is 0. The van der Waals surface area contributed by atoms with Gasteiger partial charge >= 0.3 is 0 Å². The van der Waals surface area contributed by atoms with E-state index in [2.05, 4.69) is 4.90 Å². The van der Waals surface area contributed by atoms with Gasteiger partial charge in [0.05, 0.1) is 5.92 Å². The molecule has 1 fully saturated rings. The molecule has 2 heterocycles. The van der Waals surface area contributed by atoms with Crippen LogP contribution < -0.4 is 10.6 Å². The van der Waals surface area contributed by atoms with Gasteiger partial charge in [0.2, 0.25) is 5.91 Å². The van der Waals surface area contributed by atoms with Gasteiger partial charge in [-0.2, -0.15) is 0 Å². The van der Waals surface area contributed by atoms with Crippen molar-refractivity contribution in [3.05, 3.63) is 59.4 Å². The Morgan fingerprint density at radius 1 is 1.15 bits per heavy atom. The van der Waals surface area contributed by atoms with Crippen molar-refractivity contribution in [1.29, 1.82) is 0 Å². The Kier molecular flexibility index (Phi) is 5.12. The number of halogens is 1. The fraction of sp³-hybridized carbons (Fsp3) is 0.409. The van der Waals surface area contributed by atoms with Gasteiger partial charge in [0.15, 0.2) is 0 Å². The number of hydrogen-bond donors (Lipinski definition) is 1. The van der Waals surface area contributed by atoms with Crippen LogP contribution in [-0.4, -0.2) is 30.4 Å². The molecule has 1 atom stereocenters. The van der Waals surface area contributed by atoms with E-state index in [1.54, 1.807) is 12.1 Å². The van der Waals surface area contributed by atoms with E-state index in [-0.39, 0.29) is 17.6 Å². The van der Waals surface area contributed by atoms with Gasteiger partial charge in [-0.05, 0) is 67.6 Å². The molecule has 2 aliphatic rings. The van der Waals surface area contributed by atoms with E-state index in [0.29, 0.717) is 6.54 Å². The number of piperidine rings is 1. The van der Waals surface area contributed by atoms with E-state index in [1.807, 2.05) is 29.2 Å². The molecule has 5 heteroatoms. The van der Waals surface area contributed by atoms with E-state index in [9.17, 15) is 9.18 Å². The SMILES string of the molecule is Nc1cccc2c1CCCN2C(=O)C1CCCN(Cc2cccc(F)c2)C1. The molecule has 142 valence electrons. The van der Waals surface area contributed by atoms with Crippen LogP contribution in [0.25, 0.3) is 0 Å². The number of likely N-dealkylation sites (tertiary alicyclic amines) is 1. The maximum atomic E-state index is 13.5. The third-order valence-electron chi connectivity index (χ3n) is 5.70. The molecular weight excluding hydrogens is 341 g/mol. The minimum Gasteiger partial charge on any atom is -0.398 e. The summed E-state index contributed by atoms with van der Waals surface area (Å²) in [4.78, 5) is 17.5. The number of amides is 1. The molecule has 4 nitrogen and oxygen atoms in total. The maximum Gasteiger partial charge on any atom is 0.231 e. The Bertz CT molecular complexity index is 838. The number of hydrogen-bond acceptors (Lipinski definition) is 3. The van der Waals surface area contributed by atoms with Gasteiger partial charge in [-0.3, -0.25) is 9.69 Å². The van der Waals surface area contributed by atoms with Crippen molar-refractivity contribution < 1.29 is 9.18 Å². The highest BCUT2D eigenvalue weighted by Gasteiger charge is 2.32. The minimum absolute atomic E-state index is 0.0142. The van der Waals surface area contributed by atoms with Crippen molar-refractivity contribution in [1.82, 2.24) is 4.90 Å². The van der Waals surface area contributed by atoms with Crippen LogP contribution >= 0.6 is 0 Å². The van der Waals surface area contributed by atoms with Crippen LogP contribution in [0.15, 0.2) is 42.5 Å². The second kappa shape index (κ2) is 7.69. The van der Waals surface area contributed by atoms with Gasteiger partial charge in [-0.15, -0.1) is 0 Å². The van der Waals surface area contributed by atoms with Gasteiger partial charge in [0.1, 0.15) is 5.82 Å². The zero-order valence-corrected chi connectivity index (χ0v) is 15.5. The summed E-state index contributed by atoms with van der Waals surface area (Å²) in [5.41, 5.74) is 9.94. The molecule has 0 aromatic heterocycles. The Morgan fingerprint density at radius 2 is 2.00 bits per heavy atom. The fourth-order valence-corrected chi connectivity index (χ4v) is 4.40. The summed E-state index contributed by atoms with van der Waals surface area (Å²) in [6.45, 7) is 3.12. The lowest BCUT2D eigenvalue weighted by Gasteiger charge is -2.37. The number of nitrogens with zero attached hydrogens (tertiary/aromatic N) is 2. The standard InChI is InChI=1S/C22H26FN3O/c23-18-7-1-5-16(13-18)14-25-11-3-6-17(15-25)22(27)26-12-4-8-19-20(24)9-2-10-21(19)26/h1-2,5,7,9-10,13,17H,3-4,6,8,11-12,14-15,24H2. The number of fused-ring (bicyclic) bond motifs is 1. The monoisotopic (exact) mass is 367 g/mol.